The number of nitrogens with zero attached hydrogens (tertiary/aromatic N) is 3. The molecular weight excluding hydrogens is 372 g/mol. The van der Waals surface area contributed by atoms with Crippen LogP contribution < -0.4 is 4.72 Å². The second-order valence-electron chi connectivity index (χ2n) is 6.45. The summed E-state index contributed by atoms with van der Waals surface area (Å²) in [7, 11) is -1.52. The van der Waals surface area contributed by atoms with Crippen molar-refractivity contribution in [3.05, 3.63) is 48.0 Å². The lowest BCUT2D eigenvalue weighted by molar-refractivity contribution is -0.162. The van der Waals surface area contributed by atoms with E-state index in [4.69, 9.17) is 4.74 Å². The number of amides is 1. The molecule has 146 valence electrons. The number of morpholine rings is 1. The second kappa shape index (κ2) is 7.67. The number of aliphatic hydroxyl groups excluding tert-OH is 1. The van der Waals surface area contributed by atoms with Crippen molar-refractivity contribution in [2.45, 2.75) is 18.7 Å². The van der Waals surface area contributed by atoms with Gasteiger partial charge in [0.2, 0.25) is 15.9 Å². The largest absolute Gasteiger partial charge is 0.394 e. The molecule has 1 amide bonds. The number of hydrogen-bond acceptors (Lipinski definition) is 6. The van der Waals surface area contributed by atoms with E-state index in [2.05, 4.69) is 9.71 Å². The highest BCUT2D eigenvalue weighted by atomic mass is 32.2. The summed E-state index contributed by atoms with van der Waals surface area (Å²) in [5.74, 6) is 0.485. The van der Waals surface area contributed by atoms with Gasteiger partial charge in [-0.05, 0) is 17.7 Å². The zero-order valence-corrected chi connectivity index (χ0v) is 15.9. The van der Waals surface area contributed by atoms with Crippen LogP contribution in [0, 0.1) is 0 Å². The normalized spacial score (nSPS) is 20.7. The third kappa shape index (κ3) is 4.46. The molecule has 1 fully saturated rings. The van der Waals surface area contributed by atoms with Crippen LogP contribution >= 0.6 is 0 Å². The van der Waals surface area contributed by atoms with Crippen molar-refractivity contribution in [2.75, 3.05) is 24.2 Å². The molecule has 2 atom stereocenters. The van der Waals surface area contributed by atoms with E-state index in [1.165, 1.54) is 0 Å². The number of imidazole rings is 1. The first-order valence-corrected chi connectivity index (χ1v) is 10.2. The topological polar surface area (TPSA) is 114 Å². The zero-order chi connectivity index (χ0) is 19.6. The van der Waals surface area contributed by atoms with Gasteiger partial charge in [0.05, 0.1) is 25.4 Å². The van der Waals surface area contributed by atoms with Gasteiger partial charge in [-0.2, -0.15) is 0 Å². The van der Waals surface area contributed by atoms with Gasteiger partial charge in [0.25, 0.3) is 0 Å². The average molecular weight is 394 g/mol. The van der Waals surface area contributed by atoms with Crippen molar-refractivity contribution >= 4 is 21.6 Å². The molecule has 2 N–H and O–H groups in total. The first-order valence-electron chi connectivity index (χ1n) is 8.34. The van der Waals surface area contributed by atoms with Gasteiger partial charge in [-0.25, -0.2) is 13.4 Å². The van der Waals surface area contributed by atoms with Crippen molar-refractivity contribution in [1.29, 1.82) is 0 Å². The Morgan fingerprint density at radius 3 is 2.59 bits per heavy atom. The van der Waals surface area contributed by atoms with Crippen molar-refractivity contribution in [2.24, 2.45) is 7.05 Å². The number of rotatable bonds is 6. The fourth-order valence-corrected chi connectivity index (χ4v) is 3.64. The highest BCUT2D eigenvalue weighted by Crippen LogP contribution is 2.30. The Labute approximate surface area is 157 Å². The number of anilines is 1. The van der Waals surface area contributed by atoms with E-state index in [1.54, 1.807) is 41.6 Å². The number of ether oxygens (including phenoxy) is 1. The fourth-order valence-electron chi connectivity index (χ4n) is 3.08. The number of aromatic nitrogens is 2. The van der Waals surface area contributed by atoms with Gasteiger partial charge in [-0.3, -0.25) is 9.52 Å². The molecule has 2 aromatic rings. The van der Waals surface area contributed by atoms with Gasteiger partial charge in [0.1, 0.15) is 18.5 Å². The van der Waals surface area contributed by atoms with Crippen LogP contribution in [0.2, 0.25) is 0 Å². The second-order valence-corrected chi connectivity index (χ2v) is 8.20. The van der Waals surface area contributed by atoms with Crippen LogP contribution in [0.5, 0.6) is 0 Å². The molecular formula is C17H22N4O5S. The number of nitrogens with one attached hydrogen (secondary N) is 1. The average Bonchev–Trinajstić information content (AvgIpc) is 3.01. The Hall–Kier alpha value is -2.43. The summed E-state index contributed by atoms with van der Waals surface area (Å²) >= 11 is 0. The van der Waals surface area contributed by atoms with Gasteiger partial charge >= 0.3 is 0 Å². The molecule has 1 aliphatic heterocycles. The number of sulfonamides is 1. The molecule has 0 spiro atoms. The monoisotopic (exact) mass is 394 g/mol. The van der Waals surface area contributed by atoms with Crippen LogP contribution in [0.4, 0.5) is 5.69 Å². The van der Waals surface area contributed by atoms with Gasteiger partial charge in [0, 0.05) is 25.1 Å². The third-order valence-electron chi connectivity index (χ3n) is 4.42. The molecule has 2 heterocycles. The Bertz CT molecular complexity index is 910. The van der Waals surface area contributed by atoms with Crippen molar-refractivity contribution in [3.63, 3.8) is 0 Å². The van der Waals surface area contributed by atoms with E-state index < -0.39 is 22.2 Å². The summed E-state index contributed by atoms with van der Waals surface area (Å²) in [6.45, 7) is -0.111. The smallest absolute Gasteiger partial charge is 0.249 e. The molecule has 0 saturated carbocycles. The van der Waals surface area contributed by atoms with Crippen LogP contribution in [0.15, 0.2) is 36.7 Å². The van der Waals surface area contributed by atoms with Gasteiger partial charge in [-0.1, -0.05) is 12.1 Å². The Kier molecular flexibility index (Phi) is 5.49. The minimum atomic E-state index is -3.36. The summed E-state index contributed by atoms with van der Waals surface area (Å²) in [5, 5.41) is 9.92. The lowest BCUT2D eigenvalue weighted by Crippen LogP contribution is -2.52. The number of carbonyl (C=O) groups is 1. The van der Waals surface area contributed by atoms with Crippen molar-refractivity contribution < 1.29 is 23.1 Å². The molecule has 9 nitrogen and oxygen atoms in total. The molecule has 0 radical (unpaired) electrons. The van der Waals surface area contributed by atoms with Crippen LogP contribution in [0.1, 0.15) is 17.5 Å². The maximum Gasteiger partial charge on any atom is 0.249 e. The number of aryl methyl sites for hydroxylation is 1. The third-order valence-corrected chi connectivity index (χ3v) is 5.03. The summed E-state index contributed by atoms with van der Waals surface area (Å²) in [4.78, 5) is 18.2. The molecule has 0 bridgehead atoms. The van der Waals surface area contributed by atoms with Crippen LogP contribution in [-0.4, -0.2) is 59.4 Å². The first-order chi connectivity index (χ1) is 12.8. The van der Waals surface area contributed by atoms with E-state index >= 15 is 0 Å². The Balaban J connectivity index is 1.82. The molecule has 27 heavy (non-hydrogen) atoms. The minimum absolute atomic E-state index is 0.102. The molecule has 1 aliphatic rings. The lowest BCUT2D eigenvalue weighted by atomic mass is 9.99. The number of carbonyl (C=O) groups excluding carboxylic acids is 1. The summed E-state index contributed by atoms with van der Waals surface area (Å²) < 4.78 is 32.5. The van der Waals surface area contributed by atoms with Crippen LogP contribution in [-0.2, 0) is 33.1 Å². The number of aliphatic hydroxyl groups is 1. The molecule has 0 aliphatic carbocycles. The number of hydrogen-bond donors (Lipinski definition) is 2. The fraction of sp³-hybridized carbons (Fsp3) is 0.412. The van der Waals surface area contributed by atoms with E-state index in [9.17, 15) is 18.3 Å². The maximum absolute atomic E-state index is 12.4. The van der Waals surface area contributed by atoms with E-state index in [1.807, 2.05) is 11.6 Å². The van der Waals surface area contributed by atoms with E-state index in [-0.39, 0.29) is 25.7 Å². The summed E-state index contributed by atoms with van der Waals surface area (Å²) in [5.41, 5.74) is 1.17. The van der Waals surface area contributed by atoms with Gasteiger partial charge in [0.15, 0.2) is 0 Å². The van der Waals surface area contributed by atoms with Crippen molar-refractivity contribution in [3.8, 4) is 0 Å². The standard InChI is InChI=1S/C17H22N4O5S/c1-20-8-7-18-15(20)9-21-14(10-22)17(26-11-16(21)23)12-3-5-13(6-4-12)19-27(2,24)25/h3-8,14,17,19,22H,9-11H2,1-2H3/t14-,17-/m1/s1. The summed E-state index contributed by atoms with van der Waals surface area (Å²) in [6, 6.07) is 6.10. The van der Waals surface area contributed by atoms with E-state index in [0.717, 1.165) is 11.8 Å². The minimum Gasteiger partial charge on any atom is -0.394 e. The van der Waals surface area contributed by atoms with Gasteiger partial charge < -0.3 is 19.3 Å². The number of benzene rings is 1. The SMILES string of the molecule is Cn1ccnc1CN1C(=O)CO[C@H](c2ccc(NS(C)(=O)=O)cc2)[C@H]1CO. The zero-order valence-electron chi connectivity index (χ0n) is 15.1. The van der Waals surface area contributed by atoms with E-state index in [0.29, 0.717) is 11.5 Å². The first kappa shape index (κ1) is 19.3. The Morgan fingerprint density at radius 2 is 2.04 bits per heavy atom. The highest BCUT2D eigenvalue weighted by Gasteiger charge is 2.37. The van der Waals surface area contributed by atoms with Crippen LogP contribution in [0.3, 0.4) is 0 Å². The molecule has 1 aromatic carbocycles. The molecule has 0 unspecified atom stereocenters. The maximum atomic E-state index is 12.4. The summed E-state index contributed by atoms with van der Waals surface area (Å²) in [6.07, 6.45) is 3.99. The quantitative estimate of drug-likeness (QED) is 0.726. The van der Waals surface area contributed by atoms with Crippen LogP contribution in [0.25, 0.3) is 0 Å². The lowest BCUT2D eigenvalue weighted by Gasteiger charge is -2.40. The van der Waals surface area contributed by atoms with Crippen molar-refractivity contribution in [1.82, 2.24) is 14.5 Å². The molecule has 1 saturated heterocycles. The predicted molar refractivity (Wildman–Crippen MR) is 98.2 cm³/mol. The Morgan fingerprint density at radius 1 is 1.33 bits per heavy atom. The predicted octanol–water partition coefficient (Wildman–Crippen LogP) is 0.253. The molecule has 3 rings (SSSR count). The van der Waals surface area contributed by atoms with Gasteiger partial charge in [-0.15, -0.1) is 0 Å². The molecule has 1 aromatic heterocycles. The molecule has 10 heteroatoms. The highest BCUT2D eigenvalue weighted by molar-refractivity contribution is 7.92.